The normalized spacial score (nSPS) is 23.9. The van der Waals surface area contributed by atoms with Crippen LogP contribution in [0.3, 0.4) is 0 Å². The monoisotopic (exact) mass is 314 g/mol. The standard InChI is InChI=1S/C19H26N2O2/c1-13-12-16(13)18(14-6-3-2-4-7-14)21-17(22)8-5-11-20-19(23)15-9-10-15/h2-4,6-7,13,15-16,18H,5,8-12H2,1H3,(H,20,23)(H,21,22). The van der Waals surface area contributed by atoms with Crippen LogP contribution in [-0.2, 0) is 9.59 Å². The molecule has 23 heavy (non-hydrogen) atoms. The zero-order chi connectivity index (χ0) is 16.2. The summed E-state index contributed by atoms with van der Waals surface area (Å²) in [6.07, 6.45) is 4.38. The Labute approximate surface area is 138 Å². The molecule has 4 heteroatoms. The third-order valence-corrected chi connectivity index (χ3v) is 4.90. The fourth-order valence-corrected chi connectivity index (χ4v) is 3.11. The van der Waals surface area contributed by atoms with Gasteiger partial charge in [-0.15, -0.1) is 0 Å². The molecule has 0 bridgehead atoms. The van der Waals surface area contributed by atoms with Crippen molar-refractivity contribution in [3.05, 3.63) is 35.9 Å². The van der Waals surface area contributed by atoms with E-state index < -0.39 is 0 Å². The van der Waals surface area contributed by atoms with Crippen LogP contribution in [0.25, 0.3) is 0 Å². The summed E-state index contributed by atoms with van der Waals surface area (Å²) in [4.78, 5) is 23.8. The van der Waals surface area contributed by atoms with Crippen LogP contribution in [0.4, 0.5) is 0 Å². The Bertz CT molecular complexity index is 554. The van der Waals surface area contributed by atoms with Crippen LogP contribution >= 0.6 is 0 Å². The molecule has 124 valence electrons. The smallest absolute Gasteiger partial charge is 0.223 e. The molecule has 0 aromatic heterocycles. The van der Waals surface area contributed by atoms with Gasteiger partial charge in [0.1, 0.15) is 0 Å². The zero-order valence-corrected chi connectivity index (χ0v) is 13.8. The first kappa shape index (κ1) is 16.0. The van der Waals surface area contributed by atoms with Gasteiger partial charge < -0.3 is 10.6 Å². The lowest BCUT2D eigenvalue weighted by atomic mass is 10.0. The average molecular weight is 314 g/mol. The number of nitrogens with one attached hydrogen (secondary N) is 2. The molecule has 4 nitrogen and oxygen atoms in total. The molecular formula is C19H26N2O2. The molecule has 2 aliphatic rings. The lowest BCUT2D eigenvalue weighted by Crippen LogP contribution is -2.31. The number of hydrogen-bond acceptors (Lipinski definition) is 2. The van der Waals surface area contributed by atoms with Crippen molar-refractivity contribution in [1.82, 2.24) is 10.6 Å². The molecule has 2 amide bonds. The summed E-state index contributed by atoms with van der Waals surface area (Å²) in [6, 6.07) is 10.3. The highest BCUT2D eigenvalue weighted by atomic mass is 16.2. The molecule has 0 aliphatic heterocycles. The van der Waals surface area contributed by atoms with E-state index >= 15 is 0 Å². The molecule has 1 aromatic rings. The molecule has 3 atom stereocenters. The zero-order valence-electron chi connectivity index (χ0n) is 13.8. The van der Waals surface area contributed by atoms with E-state index in [2.05, 4.69) is 29.7 Å². The topological polar surface area (TPSA) is 58.2 Å². The van der Waals surface area contributed by atoms with Gasteiger partial charge in [0, 0.05) is 18.9 Å². The quantitative estimate of drug-likeness (QED) is 0.725. The Morgan fingerprint density at radius 3 is 2.52 bits per heavy atom. The lowest BCUT2D eigenvalue weighted by Gasteiger charge is -2.19. The predicted octanol–water partition coefficient (Wildman–Crippen LogP) is 2.81. The summed E-state index contributed by atoms with van der Waals surface area (Å²) in [5, 5.41) is 6.11. The predicted molar refractivity (Wildman–Crippen MR) is 89.6 cm³/mol. The fraction of sp³-hybridized carbons (Fsp3) is 0.579. The maximum Gasteiger partial charge on any atom is 0.223 e. The maximum atomic E-state index is 12.2. The SMILES string of the molecule is CC1CC1C(NC(=O)CCCNC(=O)C1CC1)c1ccccc1. The van der Waals surface area contributed by atoms with Crippen LogP contribution in [0, 0.1) is 17.8 Å². The van der Waals surface area contributed by atoms with Gasteiger partial charge in [-0.2, -0.15) is 0 Å². The third kappa shape index (κ3) is 4.57. The van der Waals surface area contributed by atoms with E-state index in [4.69, 9.17) is 0 Å². The van der Waals surface area contributed by atoms with Crippen LogP contribution in [-0.4, -0.2) is 18.4 Å². The van der Waals surface area contributed by atoms with E-state index in [1.54, 1.807) is 0 Å². The van der Waals surface area contributed by atoms with E-state index in [-0.39, 0.29) is 23.8 Å². The second-order valence-electron chi connectivity index (χ2n) is 7.00. The Morgan fingerprint density at radius 1 is 1.22 bits per heavy atom. The summed E-state index contributed by atoms with van der Waals surface area (Å²) in [7, 11) is 0. The highest BCUT2D eigenvalue weighted by molar-refractivity contribution is 5.81. The molecule has 2 fully saturated rings. The second kappa shape index (κ2) is 7.16. The molecule has 0 heterocycles. The van der Waals surface area contributed by atoms with Gasteiger partial charge in [-0.05, 0) is 43.1 Å². The van der Waals surface area contributed by atoms with Crippen molar-refractivity contribution in [3.63, 3.8) is 0 Å². The summed E-state index contributed by atoms with van der Waals surface area (Å²) in [6.45, 7) is 2.83. The first-order valence-electron chi connectivity index (χ1n) is 8.77. The Balaban J connectivity index is 1.43. The Kier molecular flexibility index (Phi) is 4.99. The van der Waals surface area contributed by atoms with Gasteiger partial charge in [0.15, 0.2) is 0 Å². The van der Waals surface area contributed by atoms with Crippen LogP contribution in [0.1, 0.15) is 50.6 Å². The lowest BCUT2D eigenvalue weighted by molar-refractivity contribution is -0.124. The minimum Gasteiger partial charge on any atom is -0.356 e. The molecule has 0 saturated heterocycles. The van der Waals surface area contributed by atoms with E-state index in [1.165, 1.54) is 12.0 Å². The van der Waals surface area contributed by atoms with Gasteiger partial charge >= 0.3 is 0 Å². The van der Waals surface area contributed by atoms with Crippen LogP contribution in [0.5, 0.6) is 0 Å². The van der Waals surface area contributed by atoms with Crippen molar-refractivity contribution in [1.29, 1.82) is 0 Å². The maximum absolute atomic E-state index is 12.2. The van der Waals surface area contributed by atoms with E-state index in [0.717, 1.165) is 12.8 Å². The van der Waals surface area contributed by atoms with Gasteiger partial charge in [0.2, 0.25) is 11.8 Å². The highest BCUT2D eigenvalue weighted by Gasteiger charge is 2.40. The van der Waals surface area contributed by atoms with Gasteiger partial charge in [0.05, 0.1) is 6.04 Å². The van der Waals surface area contributed by atoms with Gasteiger partial charge in [-0.1, -0.05) is 37.3 Å². The van der Waals surface area contributed by atoms with Gasteiger partial charge in [-0.3, -0.25) is 9.59 Å². The van der Waals surface area contributed by atoms with Gasteiger partial charge in [-0.25, -0.2) is 0 Å². The van der Waals surface area contributed by atoms with Crippen molar-refractivity contribution >= 4 is 11.8 Å². The molecule has 0 spiro atoms. The second-order valence-corrected chi connectivity index (χ2v) is 7.00. The minimum atomic E-state index is 0.0821. The summed E-state index contributed by atoms with van der Waals surface area (Å²) < 4.78 is 0. The molecule has 1 aromatic carbocycles. The third-order valence-electron chi connectivity index (χ3n) is 4.90. The van der Waals surface area contributed by atoms with Crippen LogP contribution in [0.15, 0.2) is 30.3 Å². The van der Waals surface area contributed by atoms with E-state index in [9.17, 15) is 9.59 Å². The largest absolute Gasteiger partial charge is 0.356 e. The number of amides is 2. The van der Waals surface area contributed by atoms with Crippen molar-refractivity contribution < 1.29 is 9.59 Å². The number of rotatable bonds is 8. The molecule has 2 aliphatic carbocycles. The van der Waals surface area contributed by atoms with Crippen molar-refractivity contribution in [2.24, 2.45) is 17.8 Å². The number of carbonyl (C=O) groups excluding carboxylic acids is 2. The molecular weight excluding hydrogens is 288 g/mol. The minimum absolute atomic E-state index is 0.0821. The first-order chi connectivity index (χ1) is 11.1. The number of carbonyl (C=O) groups is 2. The molecule has 3 unspecified atom stereocenters. The van der Waals surface area contributed by atoms with Crippen LogP contribution < -0.4 is 10.6 Å². The summed E-state index contributed by atoms with van der Waals surface area (Å²) in [5.41, 5.74) is 1.19. The summed E-state index contributed by atoms with van der Waals surface area (Å²) in [5.74, 6) is 1.70. The summed E-state index contributed by atoms with van der Waals surface area (Å²) >= 11 is 0. The molecule has 0 radical (unpaired) electrons. The highest BCUT2D eigenvalue weighted by Crippen LogP contribution is 2.46. The number of hydrogen-bond donors (Lipinski definition) is 2. The average Bonchev–Trinajstić information content (AvgIpc) is 3.46. The van der Waals surface area contributed by atoms with Crippen LogP contribution in [0.2, 0.25) is 0 Å². The van der Waals surface area contributed by atoms with Crippen molar-refractivity contribution in [2.75, 3.05) is 6.54 Å². The van der Waals surface area contributed by atoms with Gasteiger partial charge in [0.25, 0.3) is 0 Å². The Morgan fingerprint density at radius 2 is 1.91 bits per heavy atom. The van der Waals surface area contributed by atoms with E-state index in [0.29, 0.717) is 31.2 Å². The Hall–Kier alpha value is -1.84. The van der Waals surface area contributed by atoms with E-state index in [1.807, 2.05) is 18.2 Å². The molecule has 3 rings (SSSR count). The molecule has 2 N–H and O–H groups in total. The first-order valence-corrected chi connectivity index (χ1v) is 8.77. The fourth-order valence-electron chi connectivity index (χ4n) is 3.11. The van der Waals surface area contributed by atoms with Crippen molar-refractivity contribution in [3.8, 4) is 0 Å². The van der Waals surface area contributed by atoms with Crippen molar-refractivity contribution in [2.45, 2.75) is 45.1 Å². The number of benzene rings is 1. The molecule has 2 saturated carbocycles.